The summed E-state index contributed by atoms with van der Waals surface area (Å²) in [6.07, 6.45) is 3.12. The molecule has 0 radical (unpaired) electrons. The van der Waals surface area contributed by atoms with E-state index in [1.54, 1.807) is 42.5 Å². The first-order valence-corrected chi connectivity index (χ1v) is 10.2. The first-order chi connectivity index (χ1) is 15.6. The summed E-state index contributed by atoms with van der Waals surface area (Å²) in [5.74, 6) is 1.16. The number of benzene rings is 3. The molecule has 0 unspecified atom stereocenters. The fourth-order valence-electron chi connectivity index (χ4n) is 2.79. The number of carbonyl (C=O) groups is 1. The minimum Gasteiger partial charge on any atom is -0.493 e. The zero-order valence-electron chi connectivity index (χ0n) is 17.6. The van der Waals surface area contributed by atoms with Crippen LogP contribution in [0.1, 0.15) is 21.5 Å². The summed E-state index contributed by atoms with van der Waals surface area (Å²) < 4.78 is 16.7. The van der Waals surface area contributed by atoms with E-state index in [2.05, 4.69) is 17.1 Å². The number of ether oxygens (including phenoxy) is 3. The number of methoxy groups -OCH3 is 1. The van der Waals surface area contributed by atoms with Gasteiger partial charge in [-0.1, -0.05) is 54.6 Å². The van der Waals surface area contributed by atoms with Gasteiger partial charge in [-0.25, -0.2) is 5.43 Å². The maximum Gasteiger partial charge on any atom is 0.271 e. The fraction of sp³-hybridized carbons (Fsp3) is 0.120. The van der Waals surface area contributed by atoms with E-state index >= 15 is 0 Å². The van der Waals surface area contributed by atoms with Crippen LogP contribution >= 0.6 is 11.6 Å². The van der Waals surface area contributed by atoms with Crippen LogP contribution in [0, 0.1) is 0 Å². The highest BCUT2D eigenvalue weighted by Crippen LogP contribution is 2.28. The van der Waals surface area contributed by atoms with Crippen LogP contribution in [0.3, 0.4) is 0 Å². The van der Waals surface area contributed by atoms with Gasteiger partial charge in [0.15, 0.2) is 11.5 Å². The van der Waals surface area contributed by atoms with Crippen molar-refractivity contribution in [2.45, 2.75) is 6.61 Å². The zero-order valence-corrected chi connectivity index (χ0v) is 18.3. The van der Waals surface area contributed by atoms with Gasteiger partial charge in [0.05, 0.1) is 13.3 Å². The maximum atomic E-state index is 12.5. The SMILES string of the molecule is C=CCOc1ccc(C(=O)N/N=C/c2cc(Cl)ccc2OCc2ccccc2)cc1OC. The van der Waals surface area contributed by atoms with E-state index in [1.165, 1.54) is 13.3 Å². The van der Waals surface area contributed by atoms with Gasteiger partial charge in [0.25, 0.3) is 5.91 Å². The first kappa shape index (κ1) is 22.9. The van der Waals surface area contributed by atoms with Gasteiger partial charge in [0.1, 0.15) is 19.0 Å². The van der Waals surface area contributed by atoms with Crippen molar-refractivity contribution in [2.75, 3.05) is 13.7 Å². The smallest absolute Gasteiger partial charge is 0.271 e. The molecule has 0 spiro atoms. The summed E-state index contributed by atoms with van der Waals surface area (Å²) in [6, 6.07) is 19.9. The lowest BCUT2D eigenvalue weighted by atomic mass is 10.2. The predicted octanol–water partition coefficient (Wildman–Crippen LogP) is 5.26. The van der Waals surface area contributed by atoms with Crippen LogP contribution in [0.5, 0.6) is 17.2 Å². The van der Waals surface area contributed by atoms with E-state index in [0.717, 1.165) is 5.56 Å². The van der Waals surface area contributed by atoms with Crippen molar-refractivity contribution in [1.82, 2.24) is 5.43 Å². The zero-order chi connectivity index (χ0) is 22.8. The van der Waals surface area contributed by atoms with Gasteiger partial charge in [-0.05, 0) is 42.0 Å². The van der Waals surface area contributed by atoms with Crippen LogP contribution in [0.15, 0.2) is 84.5 Å². The number of hydrogen-bond donors (Lipinski definition) is 1. The van der Waals surface area contributed by atoms with Crippen LogP contribution < -0.4 is 19.6 Å². The Kier molecular flexibility index (Phi) is 8.29. The average Bonchev–Trinajstić information content (AvgIpc) is 2.82. The van der Waals surface area contributed by atoms with Crippen molar-refractivity contribution in [3.63, 3.8) is 0 Å². The summed E-state index contributed by atoms with van der Waals surface area (Å²) in [5.41, 5.74) is 4.55. The van der Waals surface area contributed by atoms with Crippen molar-refractivity contribution in [3.8, 4) is 17.2 Å². The Bertz CT molecular complexity index is 1100. The monoisotopic (exact) mass is 450 g/mol. The van der Waals surface area contributed by atoms with Crippen molar-refractivity contribution in [1.29, 1.82) is 0 Å². The van der Waals surface area contributed by atoms with E-state index in [-0.39, 0.29) is 0 Å². The molecule has 3 rings (SSSR count). The highest BCUT2D eigenvalue weighted by atomic mass is 35.5. The second kappa shape index (κ2) is 11.6. The van der Waals surface area contributed by atoms with Gasteiger partial charge in [-0.3, -0.25) is 4.79 Å². The van der Waals surface area contributed by atoms with Gasteiger partial charge < -0.3 is 14.2 Å². The lowest BCUT2D eigenvalue weighted by molar-refractivity contribution is 0.0954. The number of hydrazone groups is 1. The first-order valence-electron chi connectivity index (χ1n) is 9.82. The Hall–Kier alpha value is -3.77. The largest absolute Gasteiger partial charge is 0.493 e. The van der Waals surface area contributed by atoms with Crippen LogP contribution in [-0.2, 0) is 6.61 Å². The average molecular weight is 451 g/mol. The van der Waals surface area contributed by atoms with E-state index in [9.17, 15) is 4.79 Å². The lowest BCUT2D eigenvalue weighted by Crippen LogP contribution is -2.17. The number of amides is 1. The van der Waals surface area contributed by atoms with Crippen molar-refractivity contribution < 1.29 is 19.0 Å². The van der Waals surface area contributed by atoms with Gasteiger partial charge in [0.2, 0.25) is 0 Å². The molecule has 0 aliphatic heterocycles. The van der Waals surface area contributed by atoms with Crippen LogP contribution in [0.4, 0.5) is 0 Å². The van der Waals surface area contributed by atoms with E-state index in [4.69, 9.17) is 25.8 Å². The Morgan fingerprint density at radius 2 is 1.81 bits per heavy atom. The third-order valence-electron chi connectivity index (χ3n) is 4.36. The summed E-state index contributed by atoms with van der Waals surface area (Å²) in [7, 11) is 1.51. The minimum absolute atomic E-state index is 0.334. The van der Waals surface area contributed by atoms with Crippen molar-refractivity contribution in [3.05, 3.63) is 101 Å². The minimum atomic E-state index is -0.399. The van der Waals surface area contributed by atoms with Crippen LogP contribution in [-0.4, -0.2) is 25.8 Å². The Morgan fingerprint density at radius 3 is 2.56 bits per heavy atom. The van der Waals surface area contributed by atoms with E-state index < -0.39 is 5.91 Å². The van der Waals surface area contributed by atoms with Crippen molar-refractivity contribution >= 4 is 23.7 Å². The Labute approximate surface area is 192 Å². The van der Waals surface area contributed by atoms with E-state index in [0.29, 0.717) is 46.6 Å². The van der Waals surface area contributed by atoms with Crippen LogP contribution in [0.25, 0.3) is 0 Å². The molecular weight excluding hydrogens is 428 g/mol. The number of hydrogen-bond acceptors (Lipinski definition) is 5. The molecule has 6 nitrogen and oxygen atoms in total. The molecule has 0 saturated heterocycles. The lowest BCUT2D eigenvalue weighted by Gasteiger charge is -2.11. The molecule has 1 N–H and O–H groups in total. The molecule has 0 bridgehead atoms. The topological polar surface area (TPSA) is 69.2 Å². The molecule has 32 heavy (non-hydrogen) atoms. The molecule has 164 valence electrons. The maximum absolute atomic E-state index is 12.5. The highest BCUT2D eigenvalue weighted by Gasteiger charge is 2.11. The Morgan fingerprint density at radius 1 is 1.03 bits per heavy atom. The molecule has 0 fully saturated rings. The molecule has 0 saturated carbocycles. The third-order valence-corrected chi connectivity index (χ3v) is 4.60. The summed E-state index contributed by atoms with van der Waals surface area (Å²) in [6.45, 7) is 4.34. The van der Waals surface area contributed by atoms with Crippen molar-refractivity contribution in [2.24, 2.45) is 5.10 Å². The van der Waals surface area contributed by atoms with Gasteiger partial charge >= 0.3 is 0 Å². The third kappa shape index (κ3) is 6.36. The fourth-order valence-corrected chi connectivity index (χ4v) is 2.97. The number of carbonyl (C=O) groups excluding carboxylic acids is 1. The van der Waals surface area contributed by atoms with E-state index in [1.807, 2.05) is 30.3 Å². The molecule has 0 aliphatic carbocycles. The summed E-state index contributed by atoms with van der Waals surface area (Å²) in [5, 5.41) is 4.59. The molecule has 0 atom stereocenters. The summed E-state index contributed by atoms with van der Waals surface area (Å²) >= 11 is 6.12. The molecule has 0 heterocycles. The number of rotatable bonds is 10. The normalized spacial score (nSPS) is 10.6. The van der Waals surface area contributed by atoms with Crippen LogP contribution in [0.2, 0.25) is 5.02 Å². The van der Waals surface area contributed by atoms with Gasteiger partial charge in [0, 0.05) is 16.1 Å². The van der Waals surface area contributed by atoms with Gasteiger partial charge in [-0.15, -0.1) is 0 Å². The molecule has 7 heteroatoms. The molecule has 3 aromatic carbocycles. The van der Waals surface area contributed by atoms with Gasteiger partial charge in [-0.2, -0.15) is 5.10 Å². The Balaban J connectivity index is 1.68. The predicted molar refractivity (Wildman–Crippen MR) is 126 cm³/mol. The number of halogens is 1. The molecule has 0 aromatic heterocycles. The molecule has 1 amide bonds. The molecular formula is C25H23ClN2O4. The standard InChI is InChI=1S/C25H23ClN2O4/c1-3-13-31-23-11-9-19(15-24(23)30-2)25(29)28-27-16-20-14-21(26)10-12-22(20)32-17-18-7-5-4-6-8-18/h3-12,14-16H,1,13,17H2,2H3,(H,28,29)/b27-16+. The number of nitrogens with zero attached hydrogens (tertiary/aromatic N) is 1. The highest BCUT2D eigenvalue weighted by molar-refractivity contribution is 6.30. The number of nitrogens with one attached hydrogen (secondary N) is 1. The second-order valence-electron chi connectivity index (χ2n) is 6.62. The molecule has 0 aliphatic rings. The summed E-state index contributed by atoms with van der Waals surface area (Å²) in [4.78, 5) is 12.5. The molecule has 3 aromatic rings. The second-order valence-corrected chi connectivity index (χ2v) is 7.06. The quantitative estimate of drug-likeness (QED) is 0.260.